The summed E-state index contributed by atoms with van der Waals surface area (Å²) in [5.41, 5.74) is 0.897. The Morgan fingerprint density at radius 2 is 1.37 bits per heavy atom. The van der Waals surface area contributed by atoms with Gasteiger partial charge in [0.05, 0.1) is 9.79 Å². The van der Waals surface area contributed by atoms with Crippen LogP contribution in [0.15, 0.2) is 82.6 Å². The van der Waals surface area contributed by atoms with E-state index in [-0.39, 0.29) is 29.7 Å². The van der Waals surface area contributed by atoms with Crippen LogP contribution in [-0.4, -0.2) is 33.5 Å². The molecule has 1 N–H and O–H groups in total. The molecule has 35 heavy (non-hydrogen) atoms. The Hall–Kier alpha value is -2.92. The summed E-state index contributed by atoms with van der Waals surface area (Å²) in [4.78, 5) is 0.000591. The van der Waals surface area contributed by atoms with Crippen molar-refractivity contribution in [1.29, 1.82) is 0 Å². The Morgan fingerprint density at radius 3 is 2.03 bits per heavy atom. The molecule has 3 aromatic carbocycles. The first-order valence-corrected chi connectivity index (χ1v) is 13.9. The lowest BCUT2D eigenvalue weighted by atomic mass is 10.1. The number of hydrogen-bond donors (Lipinski definition) is 1. The second-order valence-electron chi connectivity index (χ2n) is 9.27. The van der Waals surface area contributed by atoms with Gasteiger partial charge in [0.1, 0.15) is 0 Å². The highest BCUT2D eigenvalue weighted by atomic mass is 32.2. The van der Waals surface area contributed by atoms with Crippen LogP contribution in [0.2, 0.25) is 0 Å². The molecule has 0 aromatic heterocycles. The normalized spacial score (nSPS) is 13.8. The lowest BCUT2D eigenvalue weighted by Crippen LogP contribution is -2.40. The predicted octanol–water partition coefficient (Wildman–Crippen LogP) is 3.88. The minimum Gasteiger partial charge on any atom is -0.454 e. The van der Waals surface area contributed by atoms with Gasteiger partial charge in [0, 0.05) is 18.6 Å². The van der Waals surface area contributed by atoms with Crippen molar-refractivity contribution in [1.82, 2.24) is 9.03 Å². The van der Waals surface area contributed by atoms with Crippen LogP contribution in [0.4, 0.5) is 0 Å². The quantitative estimate of drug-likeness (QED) is 0.488. The van der Waals surface area contributed by atoms with E-state index >= 15 is 0 Å². The van der Waals surface area contributed by atoms with Crippen molar-refractivity contribution < 1.29 is 26.3 Å². The van der Waals surface area contributed by atoms with Gasteiger partial charge in [0.25, 0.3) is 0 Å². The van der Waals surface area contributed by atoms with Gasteiger partial charge in [-0.2, -0.15) is 4.31 Å². The van der Waals surface area contributed by atoms with Crippen LogP contribution in [0.3, 0.4) is 0 Å². The molecule has 0 unspecified atom stereocenters. The topological polar surface area (TPSA) is 102 Å². The smallest absolute Gasteiger partial charge is 0.243 e. The van der Waals surface area contributed by atoms with Crippen molar-refractivity contribution in [3.05, 3.63) is 83.9 Å². The van der Waals surface area contributed by atoms with E-state index < -0.39 is 25.6 Å². The first-order chi connectivity index (χ1) is 16.4. The number of sulfonamides is 2. The summed E-state index contributed by atoms with van der Waals surface area (Å²) in [6.45, 7) is 5.58. The van der Waals surface area contributed by atoms with Gasteiger partial charge in [-0.15, -0.1) is 0 Å². The third kappa shape index (κ3) is 6.02. The van der Waals surface area contributed by atoms with E-state index in [4.69, 9.17) is 9.47 Å². The van der Waals surface area contributed by atoms with Crippen LogP contribution >= 0.6 is 0 Å². The van der Waals surface area contributed by atoms with Gasteiger partial charge in [0.2, 0.25) is 26.8 Å². The summed E-state index contributed by atoms with van der Waals surface area (Å²) in [5, 5.41) is 0. The summed E-state index contributed by atoms with van der Waals surface area (Å²) >= 11 is 0. The maximum absolute atomic E-state index is 13.7. The second-order valence-corrected chi connectivity index (χ2v) is 12.9. The van der Waals surface area contributed by atoms with Crippen molar-refractivity contribution in [3.8, 4) is 11.5 Å². The van der Waals surface area contributed by atoms with Crippen LogP contribution < -0.4 is 14.2 Å². The third-order valence-corrected chi connectivity index (χ3v) is 8.79. The van der Waals surface area contributed by atoms with E-state index in [9.17, 15) is 16.8 Å². The molecule has 0 saturated carbocycles. The first kappa shape index (κ1) is 25.2. The van der Waals surface area contributed by atoms with Gasteiger partial charge >= 0.3 is 0 Å². The number of ether oxygens (including phenoxy) is 2. The van der Waals surface area contributed by atoms with Gasteiger partial charge in [0.15, 0.2) is 11.5 Å². The van der Waals surface area contributed by atoms with Crippen LogP contribution in [0.1, 0.15) is 31.9 Å². The van der Waals surface area contributed by atoms with Crippen molar-refractivity contribution in [2.75, 3.05) is 6.79 Å². The Labute approximate surface area is 206 Å². The zero-order valence-electron chi connectivity index (χ0n) is 19.8. The molecule has 1 heterocycles. The van der Waals surface area contributed by atoms with E-state index in [0.717, 1.165) is 11.1 Å². The summed E-state index contributed by atoms with van der Waals surface area (Å²) in [5.74, 6) is 1.19. The lowest BCUT2D eigenvalue weighted by molar-refractivity contribution is 0.174. The summed E-state index contributed by atoms with van der Waals surface area (Å²) in [6.07, 6.45) is 0. The van der Waals surface area contributed by atoms with Gasteiger partial charge in [-0.1, -0.05) is 36.4 Å². The summed E-state index contributed by atoms with van der Waals surface area (Å²) in [7, 11) is -7.75. The number of hydrogen-bond acceptors (Lipinski definition) is 6. The Kier molecular flexibility index (Phi) is 6.92. The van der Waals surface area contributed by atoms with Crippen LogP contribution in [0, 0.1) is 0 Å². The standard InChI is InChI=1S/C25H28N2O6S2/c1-25(2,3)26-34(28,29)21-10-12-22(13-11-21)35(30,31)27(16-19-7-5-4-6-8-19)17-20-9-14-23-24(15-20)33-18-32-23/h4-15,26H,16-18H2,1-3H3. The Morgan fingerprint density at radius 1 is 0.771 bits per heavy atom. The molecule has 0 amide bonds. The van der Waals surface area contributed by atoms with E-state index in [1.54, 1.807) is 39.0 Å². The average molecular weight is 517 g/mol. The van der Waals surface area contributed by atoms with Crippen LogP contribution in [-0.2, 0) is 33.1 Å². The number of benzene rings is 3. The van der Waals surface area contributed by atoms with Crippen LogP contribution in [0.5, 0.6) is 11.5 Å². The van der Waals surface area contributed by atoms with E-state index in [0.29, 0.717) is 11.5 Å². The molecule has 8 nitrogen and oxygen atoms in total. The second kappa shape index (κ2) is 9.62. The summed E-state index contributed by atoms with van der Waals surface area (Å²) < 4.78 is 67.3. The largest absolute Gasteiger partial charge is 0.454 e. The molecule has 0 fully saturated rings. The highest BCUT2D eigenvalue weighted by molar-refractivity contribution is 7.89. The van der Waals surface area contributed by atoms with E-state index in [2.05, 4.69) is 4.72 Å². The zero-order chi connectivity index (χ0) is 25.3. The average Bonchev–Trinajstić information content (AvgIpc) is 3.26. The maximum atomic E-state index is 13.7. The molecule has 0 spiro atoms. The lowest BCUT2D eigenvalue weighted by Gasteiger charge is -2.23. The fraction of sp³-hybridized carbons (Fsp3) is 0.280. The van der Waals surface area contributed by atoms with Gasteiger partial charge in [-0.3, -0.25) is 0 Å². The van der Waals surface area contributed by atoms with Crippen molar-refractivity contribution in [3.63, 3.8) is 0 Å². The number of nitrogens with zero attached hydrogens (tertiary/aromatic N) is 1. The molecule has 0 radical (unpaired) electrons. The molecule has 4 rings (SSSR count). The molecule has 1 aliphatic rings. The molecular formula is C25H28N2O6S2. The zero-order valence-corrected chi connectivity index (χ0v) is 21.4. The first-order valence-electron chi connectivity index (χ1n) is 11.0. The predicted molar refractivity (Wildman–Crippen MR) is 132 cm³/mol. The molecule has 0 saturated heterocycles. The SMILES string of the molecule is CC(C)(C)NS(=O)(=O)c1ccc(S(=O)(=O)N(Cc2ccccc2)Cc2ccc3c(c2)OCO3)cc1. The molecule has 0 aliphatic carbocycles. The van der Waals surface area contributed by atoms with Crippen molar-refractivity contribution in [2.45, 2.75) is 49.2 Å². The highest BCUT2D eigenvalue weighted by Gasteiger charge is 2.27. The number of rotatable bonds is 8. The maximum Gasteiger partial charge on any atom is 0.243 e. The molecule has 0 atom stereocenters. The monoisotopic (exact) mass is 516 g/mol. The fourth-order valence-electron chi connectivity index (χ4n) is 3.66. The minimum absolute atomic E-state index is 0.00300. The van der Waals surface area contributed by atoms with E-state index in [1.165, 1.54) is 28.6 Å². The molecule has 0 bridgehead atoms. The summed E-state index contributed by atoms with van der Waals surface area (Å²) in [6, 6.07) is 19.9. The minimum atomic E-state index is -3.96. The number of fused-ring (bicyclic) bond motifs is 1. The number of nitrogens with one attached hydrogen (secondary N) is 1. The van der Waals surface area contributed by atoms with Crippen LogP contribution in [0.25, 0.3) is 0 Å². The van der Waals surface area contributed by atoms with Crippen molar-refractivity contribution >= 4 is 20.0 Å². The Bertz CT molecular complexity index is 1400. The third-order valence-electron chi connectivity index (χ3n) is 5.21. The van der Waals surface area contributed by atoms with Crippen molar-refractivity contribution in [2.24, 2.45) is 0 Å². The Balaban J connectivity index is 1.65. The molecule has 3 aromatic rings. The molecule has 1 aliphatic heterocycles. The molecule has 186 valence electrons. The van der Waals surface area contributed by atoms with E-state index in [1.807, 2.05) is 30.3 Å². The van der Waals surface area contributed by atoms with Gasteiger partial charge in [-0.25, -0.2) is 21.6 Å². The van der Waals surface area contributed by atoms with Gasteiger partial charge in [-0.05, 0) is 68.3 Å². The fourth-order valence-corrected chi connectivity index (χ4v) is 6.49. The molecule has 10 heteroatoms. The highest BCUT2D eigenvalue weighted by Crippen LogP contribution is 2.33. The van der Waals surface area contributed by atoms with Gasteiger partial charge < -0.3 is 9.47 Å². The molecular weight excluding hydrogens is 488 g/mol.